The SMILES string of the molecule is C[C@@H]1N(c2ccccc2)C2=[N+](CCCS2)[C@]1(O)c1ccc(Cl)cc1. The Kier molecular flexibility index (Phi) is 4.07. The highest BCUT2D eigenvalue weighted by molar-refractivity contribution is 8.14. The lowest BCUT2D eigenvalue weighted by Crippen LogP contribution is -2.47. The molecule has 24 heavy (non-hydrogen) atoms. The van der Waals surface area contributed by atoms with E-state index in [0.717, 1.165) is 35.1 Å². The zero-order chi connectivity index (χ0) is 16.7. The van der Waals surface area contributed by atoms with Crippen LogP contribution in [0.2, 0.25) is 5.02 Å². The Balaban J connectivity index is 1.86. The van der Waals surface area contributed by atoms with E-state index in [0.29, 0.717) is 5.02 Å². The predicted molar refractivity (Wildman–Crippen MR) is 101 cm³/mol. The van der Waals surface area contributed by atoms with Crippen LogP contribution in [-0.2, 0) is 5.72 Å². The van der Waals surface area contributed by atoms with E-state index in [2.05, 4.69) is 28.5 Å². The zero-order valence-corrected chi connectivity index (χ0v) is 15.1. The van der Waals surface area contributed by atoms with E-state index in [9.17, 15) is 5.11 Å². The molecule has 4 rings (SSSR count). The summed E-state index contributed by atoms with van der Waals surface area (Å²) in [6.07, 6.45) is 1.07. The molecular formula is C19H20ClN2OS+. The highest BCUT2D eigenvalue weighted by Gasteiger charge is 2.59. The molecule has 2 aromatic rings. The minimum absolute atomic E-state index is 0.0957. The first-order chi connectivity index (χ1) is 11.6. The van der Waals surface area contributed by atoms with Crippen LogP contribution in [0.1, 0.15) is 18.9 Å². The summed E-state index contributed by atoms with van der Waals surface area (Å²) in [6.45, 7) is 2.95. The fraction of sp³-hybridized carbons (Fsp3) is 0.316. The third-order valence-electron chi connectivity index (χ3n) is 4.88. The Morgan fingerprint density at radius 3 is 2.58 bits per heavy atom. The number of aliphatic hydroxyl groups is 1. The van der Waals surface area contributed by atoms with Crippen LogP contribution in [0.5, 0.6) is 0 Å². The number of hydrogen-bond donors (Lipinski definition) is 1. The molecule has 0 bridgehead atoms. The second-order valence-electron chi connectivity index (χ2n) is 6.25. The summed E-state index contributed by atoms with van der Waals surface area (Å²) in [4.78, 5) is 2.26. The van der Waals surface area contributed by atoms with Crippen molar-refractivity contribution in [1.29, 1.82) is 0 Å². The van der Waals surface area contributed by atoms with Crippen LogP contribution in [0.25, 0.3) is 0 Å². The van der Waals surface area contributed by atoms with Gasteiger partial charge >= 0.3 is 5.17 Å². The fourth-order valence-electron chi connectivity index (χ4n) is 3.66. The standard InChI is InChI=1S/C19H20ClN2OS/c1-14-19(23,15-8-10-16(20)11-9-15)21-12-5-13-24-18(21)22(14)17-6-3-2-4-7-17/h2-4,6-11,14,23H,5,12-13H2,1H3/q+1/t14-,19+/m0/s1. The number of amidine groups is 1. The van der Waals surface area contributed by atoms with Crippen molar-refractivity contribution in [3.05, 3.63) is 65.2 Å². The van der Waals surface area contributed by atoms with Crippen molar-refractivity contribution in [2.45, 2.75) is 25.1 Å². The molecule has 0 saturated heterocycles. The normalized spacial score (nSPS) is 26.6. The molecule has 2 aromatic carbocycles. The van der Waals surface area contributed by atoms with E-state index in [4.69, 9.17) is 11.6 Å². The second kappa shape index (κ2) is 6.10. The highest BCUT2D eigenvalue weighted by atomic mass is 35.5. The number of anilines is 1. The number of halogens is 1. The van der Waals surface area contributed by atoms with Gasteiger partial charge in [0, 0.05) is 16.3 Å². The van der Waals surface area contributed by atoms with E-state index >= 15 is 0 Å². The molecule has 0 radical (unpaired) electrons. The quantitative estimate of drug-likeness (QED) is 0.824. The van der Waals surface area contributed by atoms with Crippen molar-refractivity contribution < 1.29 is 9.68 Å². The average molecular weight is 360 g/mol. The van der Waals surface area contributed by atoms with Gasteiger partial charge in [0.05, 0.1) is 6.54 Å². The molecule has 0 unspecified atom stereocenters. The van der Waals surface area contributed by atoms with Crippen LogP contribution in [0.3, 0.4) is 0 Å². The van der Waals surface area contributed by atoms with Crippen LogP contribution in [-0.4, -0.2) is 33.2 Å². The first-order valence-electron chi connectivity index (χ1n) is 8.22. The van der Waals surface area contributed by atoms with E-state index in [-0.39, 0.29) is 6.04 Å². The molecule has 3 nitrogen and oxygen atoms in total. The zero-order valence-electron chi connectivity index (χ0n) is 13.5. The van der Waals surface area contributed by atoms with Gasteiger partial charge in [-0.05, 0) is 49.4 Å². The monoisotopic (exact) mass is 359 g/mol. The molecule has 2 aliphatic rings. The molecule has 0 spiro atoms. The summed E-state index contributed by atoms with van der Waals surface area (Å²) < 4.78 is 2.15. The molecule has 1 N–H and O–H groups in total. The molecule has 0 saturated carbocycles. The first kappa shape index (κ1) is 16.0. The number of nitrogens with zero attached hydrogens (tertiary/aromatic N) is 2. The Bertz CT molecular complexity index is 778. The van der Waals surface area contributed by atoms with E-state index in [1.807, 2.05) is 54.2 Å². The lowest BCUT2D eigenvalue weighted by atomic mass is 9.95. The average Bonchev–Trinajstić information content (AvgIpc) is 2.85. The maximum absolute atomic E-state index is 11.8. The number of thioether (sulfide) groups is 1. The van der Waals surface area contributed by atoms with Gasteiger partial charge in [0.1, 0.15) is 5.69 Å². The molecule has 0 aliphatic carbocycles. The summed E-state index contributed by atoms with van der Waals surface area (Å²) >= 11 is 7.87. The maximum Gasteiger partial charge on any atom is 0.316 e. The van der Waals surface area contributed by atoms with Crippen LogP contribution in [0, 0.1) is 0 Å². The van der Waals surface area contributed by atoms with Gasteiger partial charge < -0.3 is 5.11 Å². The molecule has 0 amide bonds. The molecule has 2 atom stereocenters. The molecule has 0 aromatic heterocycles. The lowest BCUT2D eigenvalue weighted by Gasteiger charge is -2.28. The number of para-hydroxylation sites is 1. The minimum Gasteiger partial charge on any atom is -0.346 e. The van der Waals surface area contributed by atoms with Gasteiger partial charge in [-0.15, -0.1) is 0 Å². The fourth-order valence-corrected chi connectivity index (χ4v) is 5.03. The van der Waals surface area contributed by atoms with Gasteiger partial charge in [-0.3, -0.25) is 0 Å². The van der Waals surface area contributed by atoms with Gasteiger partial charge in [0.15, 0.2) is 6.04 Å². The van der Waals surface area contributed by atoms with Crippen molar-refractivity contribution in [3.63, 3.8) is 0 Å². The molecule has 2 aliphatic heterocycles. The van der Waals surface area contributed by atoms with Crippen molar-refractivity contribution >= 4 is 34.2 Å². The van der Waals surface area contributed by atoms with Crippen LogP contribution < -0.4 is 4.90 Å². The Labute approximate surface area is 151 Å². The number of benzene rings is 2. The summed E-state index contributed by atoms with van der Waals surface area (Å²) in [5.74, 6) is 1.08. The number of hydrogen-bond acceptors (Lipinski definition) is 3. The summed E-state index contributed by atoms with van der Waals surface area (Å²) in [5.41, 5.74) is 0.950. The van der Waals surface area contributed by atoms with Crippen molar-refractivity contribution in [1.82, 2.24) is 0 Å². The van der Waals surface area contributed by atoms with E-state index < -0.39 is 5.72 Å². The largest absolute Gasteiger partial charge is 0.346 e. The van der Waals surface area contributed by atoms with Gasteiger partial charge in [0.25, 0.3) is 5.72 Å². The second-order valence-corrected chi connectivity index (χ2v) is 7.75. The summed E-state index contributed by atoms with van der Waals surface area (Å²) in [5, 5.41) is 13.6. The Morgan fingerprint density at radius 2 is 1.88 bits per heavy atom. The third-order valence-corrected chi connectivity index (χ3v) is 6.30. The smallest absolute Gasteiger partial charge is 0.316 e. The van der Waals surface area contributed by atoms with Crippen molar-refractivity contribution in [2.24, 2.45) is 0 Å². The molecular weight excluding hydrogens is 340 g/mol. The van der Waals surface area contributed by atoms with E-state index in [1.54, 1.807) is 0 Å². The summed E-state index contributed by atoms with van der Waals surface area (Å²) in [6, 6.07) is 17.8. The van der Waals surface area contributed by atoms with Crippen LogP contribution in [0.15, 0.2) is 54.6 Å². The minimum atomic E-state index is -1.05. The summed E-state index contributed by atoms with van der Waals surface area (Å²) in [7, 11) is 0. The van der Waals surface area contributed by atoms with Crippen LogP contribution >= 0.6 is 23.4 Å². The van der Waals surface area contributed by atoms with Crippen molar-refractivity contribution in [2.75, 3.05) is 17.2 Å². The van der Waals surface area contributed by atoms with E-state index in [1.165, 1.54) is 0 Å². The Hall–Kier alpha value is -1.49. The molecule has 124 valence electrons. The molecule has 5 heteroatoms. The van der Waals surface area contributed by atoms with Gasteiger partial charge in [-0.1, -0.05) is 41.9 Å². The first-order valence-corrected chi connectivity index (χ1v) is 9.59. The molecule has 2 heterocycles. The van der Waals surface area contributed by atoms with Crippen molar-refractivity contribution in [3.8, 4) is 0 Å². The Morgan fingerprint density at radius 1 is 1.17 bits per heavy atom. The topological polar surface area (TPSA) is 26.5 Å². The maximum atomic E-state index is 11.8. The number of rotatable bonds is 2. The lowest BCUT2D eigenvalue weighted by molar-refractivity contribution is -0.662. The highest BCUT2D eigenvalue weighted by Crippen LogP contribution is 2.42. The van der Waals surface area contributed by atoms with Gasteiger partial charge in [-0.25, -0.2) is 9.48 Å². The van der Waals surface area contributed by atoms with Gasteiger partial charge in [0.2, 0.25) is 0 Å². The van der Waals surface area contributed by atoms with Gasteiger partial charge in [-0.2, -0.15) is 0 Å². The van der Waals surface area contributed by atoms with Crippen LogP contribution in [0.4, 0.5) is 5.69 Å². The third kappa shape index (κ3) is 2.36. The molecule has 0 fully saturated rings. The predicted octanol–water partition coefficient (Wildman–Crippen LogP) is 3.90.